The summed E-state index contributed by atoms with van der Waals surface area (Å²) in [6, 6.07) is 4.71. The molecule has 4 nitrogen and oxygen atoms in total. The van der Waals surface area contributed by atoms with Crippen LogP contribution in [0.4, 0.5) is 0 Å². The lowest BCUT2D eigenvalue weighted by molar-refractivity contribution is -0.138. The fourth-order valence-corrected chi connectivity index (χ4v) is 3.98. The molecule has 1 aromatic heterocycles. The predicted molar refractivity (Wildman–Crippen MR) is 83.7 cm³/mol. The van der Waals surface area contributed by atoms with Crippen LogP contribution in [0, 0.1) is 5.92 Å². The topological polar surface area (TPSA) is 51.3 Å². The first kappa shape index (κ1) is 14.6. The van der Waals surface area contributed by atoms with Gasteiger partial charge in [0.15, 0.2) is 0 Å². The molecule has 1 aliphatic heterocycles. The summed E-state index contributed by atoms with van der Waals surface area (Å²) in [5, 5.41) is 0. The first-order valence-corrected chi connectivity index (χ1v) is 8.34. The third-order valence-electron chi connectivity index (χ3n) is 5.18. The number of carbonyl (C=O) groups is 1. The molecule has 2 heterocycles. The highest BCUT2D eigenvalue weighted by atomic mass is 16.2. The standard InChI is InChI=1S/C17H27N3O/c1-19-10-5-7-15(19)16-6-3-2-4-11-20(16)17(21)13-8-9-14(18)12-13/h5,7,10,13-14,16H,2-4,6,8-9,11-12,18H2,1H3. The van der Waals surface area contributed by atoms with Crippen molar-refractivity contribution in [3.8, 4) is 0 Å². The second-order valence-corrected chi connectivity index (χ2v) is 6.71. The van der Waals surface area contributed by atoms with Gasteiger partial charge < -0.3 is 15.2 Å². The van der Waals surface area contributed by atoms with E-state index in [-0.39, 0.29) is 18.0 Å². The Morgan fingerprint density at radius 3 is 2.76 bits per heavy atom. The second-order valence-electron chi connectivity index (χ2n) is 6.71. The van der Waals surface area contributed by atoms with Crippen LogP contribution in [0.5, 0.6) is 0 Å². The van der Waals surface area contributed by atoms with Crippen LogP contribution in [-0.4, -0.2) is 28.0 Å². The van der Waals surface area contributed by atoms with Crippen LogP contribution >= 0.6 is 0 Å². The third kappa shape index (κ3) is 3.00. The molecule has 2 aliphatic rings. The number of rotatable bonds is 2. The predicted octanol–water partition coefficient (Wildman–Crippen LogP) is 2.60. The van der Waals surface area contributed by atoms with E-state index < -0.39 is 0 Å². The smallest absolute Gasteiger partial charge is 0.226 e. The molecule has 2 fully saturated rings. The summed E-state index contributed by atoms with van der Waals surface area (Å²) in [5.74, 6) is 0.497. The van der Waals surface area contributed by atoms with Crippen LogP contribution in [0.1, 0.15) is 56.7 Å². The summed E-state index contributed by atoms with van der Waals surface area (Å²) in [4.78, 5) is 15.1. The van der Waals surface area contributed by atoms with Crippen molar-refractivity contribution in [1.82, 2.24) is 9.47 Å². The van der Waals surface area contributed by atoms with Gasteiger partial charge >= 0.3 is 0 Å². The molecule has 1 saturated heterocycles. The number of likely N-dealkylation sites (tertiary alicyclic amines) is 1. The first-order valence-electron chi connectivity index (χ1n) is 8.34. The van der Waals surface area contributed by atoms with E-state index in [1.54, 1.807) is 0 Å². The maximum absolute atomic E-state index is 13.0. The highest BCUT2D eigenvalue weighted by molar-refractivity contribution is 5.79. The fraction of sp³-hybridized carbons (Fsp3) is 0.706. The normalized spacial score (nSPS) is 30.4. The summed E-state index contributed by atoms with van der Waals surface area (Å²) in [5.41, 5.74) is 7.27. The number of nitrogens with two attached hydrogens (primary N) is 1. The Hall–Kier alpha value is -1.29. The molecule has 2 N–H and O–H groups in total. The molecule has 1 aliphatic carbocycles. The van der Waals surface area contributed by atoms with Gasteiger partial charge in [0.1, 0.15) is 0 Å². The maximum atomic E-state index is 13.0. The fourth-order valence-electron chi connectivity index (χ4n) is 3.98. The largest absolute Gasteiger partial charge is 0.353 e. The molecule has 3 atom stereocenters. The Balaban J connectivity index is 1.82. The zero-order valence-electron chi connectivity index (χ0n) is 13.0. The molecule has 0 bridgehead atoms. The van der Waals surface area contributed by atoms with Gasteiger partial charge in [0.05, 0.1) is 6.04 Å². The zero-order valence-corrected chi connectivity index (χ0v) is 13.0. The van der Waals surface area contributed by atoms with Gasteiger partial charge in [-0.05, 0) is 44.2 Å². The molecule has 116 valence electrons. The van der Waals surface area contributed by atoms with Gasteiger partial charge in [-0.15, -0.1) is 0 Å². The van der Waals surface area contributed by atoms with E-state index in [1.165, 1.54) is 18.5 Å². The molecule has 1 aromatic rings. The molecule has 0 aromatic carbocycles. The van der Waals surface area contributed by atoms with E-state index in [0.29, 0.717) is 5.91 Å². The van der Waals surface area contributed by atoms with Gasteiger partial charge in [-0.25, -0.2) is 0 Å². The minimum absolute atomic E-state index is 0.154. The number of aryl methyl sites for hydroxylation is 1. The van der Waals surface area contributed by atoms with Crippen molar-refractivity contribution in [2.24, 2.45) is 18.7 Å². The molecule has 0 radical (unpaired) electrons. The quantitative estimate of drug-likeness (QED) is 0.910. The molecule has 3 unspecified atom stereocenters. The van der Waals surface area contributed by atoms with E-state index >= 15 is 0 Å². The average Bonchev–Trinajstić information content (AvgIpc) is 3.00. The summed E-state index contributed by atoms with van der Waals surface area (Å²) >= 11 is 0. The monoisotopic (exact) mass is 289 g/mol. The van der Waals surface area contributed by atoms with Crippen molar-refractivity contribution < 1.29 is 4.79 Å². The summed E-state index contributed by atoms with van der Waals surface area (Å²) < 4.78 is 2.16. The summed E-state index contributed by atoms with van der Waals surface area (Å²) in [6.45, 7) is 0.903. The van der Waals surface area contributed by atoms with Crippen molar-refractivity contribution in [2.45, 2.75) is 57.0 Å². The minimum Gasteiger partial charge on any atom is -0.353 e. The molecule has 21 heavy (non-hydrogen) atoms. The highest BCUT2D eigenvalue weighted by Crippen LogP contribution is 2.34. The van der Waals surface area contributed by atoms with Crippen LogP contribution in [0.15, 0.2) is 18.3 Å². The van der Waals surface area contributed by atoms with Gasteiger partial charge in [0.25, 0.3) is 0 Å². The molecule has 1 amide bonds. The van der Waals surface area contributed by atoms with Crippen molar-refractivity contribution in [1.29, 1.82) is 0 Å². The lowest BCUT2D eigenvalue weighted by Crippen LogP contribution is -2.39. The molecular formula is C17H27N3O. The molecule has 3 rings (SSSR count). The molecule has 4 heteroatoms. The Kier molecular flexibility index (Phi) is 4.34. The lowest BCUT2D eigenvalue weighted by atomic mass is 10.0. The molecule has 1 saturated carbocycles. The highest BCUT2D eigenvalue weighted by Gasteiger charge is 2.35. The lowest BCUT2D eigenvalue weighted by Gasteiger charge is -2.32. The van der Waals surface area contributed by atoms with E-state index in [9.17, 15) is 4.79 Å². The molecular weight excluding hydrogens is 262 g/mol. The van der Waals surface area contributed by atoms with Crippen molar-refractivity contribution in [3.05, 3.63) is 24.0 Å². The van der Waals surface area contributed by atoms with Crippen molar-refractivity contribution >= 4 is 5.91 Å². The van der Waals surface area contributed by atoms with Crippen LogP contribution in [-0.2, 0) is 11.8 Å². The first-order chi connectivity index (χ1) is 10.2. The Morgan fingerprint density at radius 1 is 1.24 bits per heavy atom. The number of carbonyl (C=O) groups excluding carboxylic acids is 1. The minimum atomic E-state index is 0.154. The van der Waals surface area contributed by atoms with Gasteiger partial charge in [-0.2, -0.15) is 0 Å². The van der Waals surface area contributed by atoms with E-state index in [2.05, 4.69) is 34.8 Å². The summed E-state index contributed by atoms with van der Waals surface area (Å²) in [7, 11) is 2.08. The van der Waals surface area contributed by atoms with Crippen LogP contribution < -0.4 is 5.73 Å². The van der Waals surface area contributed by atoms with Crippen LogP contribution in [0.25, 0.3) is 0 Å². The van der Waals surface area contributed by atoms with E-state index in [0.717, 1.165) is 38.6 Å². The van der Waals surface area contributed by atoms with Gasteiger partial charge in [0, 0.05) is 37.4 Å². The maximum Gasteiger partial charge on any atom is 0.226 e. The Bertz CT molecular complexity index is 496. The number of hydrogen-bond donors (Lipinski definition) is 1. The number of nitrogens with zero attached hydrogens (tertiary/aromatic N) is 2. The number of aromatic nitrogens is 1. The Morgan fingerprint density at radius 2 is 2.10 bits per heavy atom. The van der Waals surface area contributed by atoms with Crippen LogP contribution in [0.2, 0.25) is 0 Å². The average molecular weight is 289 g/mol. The summed E-state index contributed by atoms with van der Waals surface area (Å²) in [6.07, 6.45) is 9.57. The van der Waals surface area contributed by atoms with Crippen LogP contribution in [0.3, 0.4) is 0 Å². The third-order valence-corrected chi connectivity index (χ3v) is 5.18. The molecule has 0 spiro atoms. The second kappa shape index (κ2) is 6.22. The zero-order chi connectivity index (χ0) is 14.8. The van der Waals surface area contributed by atoms with E-state index in [1.807, 2.05) is 0 Å². The van der Waals surface area contributed by atoms with Crippen molar-refractivity contribution in [3.63, 3.8) is 0 Å². The van der Waals surface area contributed by atoms with Gasteiger partial charge in [0.2, 0.25) is 5.91 Å². The Labute approximate surface area is 127 Å². The SMILES string of the molecule is Cn1cccc1C1CCCCCN1C(=O)C1CCC(N)C1. The van der Waals surface area contributed by atoms with Gasteiger partial charge in [-0.1, -0.05) is 12.8 Å². The number of amides is 1. The number of hydrogen-bond acceptors (Lipinski definition) is 2. The van der Waals surface area contributed by atoms with Crippen molar-refractivity contribution in [2.75, 3.05) is 6.54 Å². The van der Waals surface area contributed by atoms with Gasteiger partial charge in [-0.3, -0.25) is 4.79 Å². The van der Waals surface area contributed by atoms with E-state index in [4.69, 9.17) is 5.73 Å².